The highest BCUT2D eigenvalue weighted by Gasteiger charge is 2.40. The predicted octanol–water partition coefficient (Wildman–Crippen LogP) is -7.63. The van der Waals surface area contributed by atoms with Gasteiger partial charge >= 0.3 is 5.97 Å². The normalized spacial score (nSPS) is 26.6. The molecule has 37 nitrogen and oxygen atoms in total. The summed E-state index contributed by atoms with van der Waals surface area (Å²) in [7, 11) is 1.62. The molecule has 6 rings (SSSR count). The van der Waals surface area contributed by atoms with Crippen LogP contribution in [0, 0.1) is 0 Å². The van der Waals surface area contributed by atoms with Crippen molar-refractivity contribution < 1.29 is 82.1 Å². The number of amides is 14. The third kappa shape index (κ3) is 22.3. The highest BCUT2D eigenvalue weighted by atomic mass is 33.1. The highest BCUT2D eigenvalue weighted by Crippen LogP contribution is 2.25. The molecule has 39 heteroatoms. The zero-order valence-corrected chi connectivity index (χ0v) is 54.1. The van der Waals surface area contributed by atoms with E-state index in [1.165, 1.54) is 33.3 Å². The van der Waals surface area contributed by atoms with Crippen LogP contribution in [0.3, 0.4) is 0 Å². The Labute approximate surface area is 556 Å². The number of aliphatic carboxylic acids is 1. The summed E-state index contributed by atoms with van der Waals surface area (Å²) in [5, 5.41) is 50.4. The number of carbonyl (C=O) groups is 15. The molecule has 2 aromatic heterocycles. The SMILES string of the molecule is C[C@@H]1NC(=O)[C@@H]2CSSC[C@H](NC(=O)CNC(=O)[C@H](CCCN=C(N)N)NC(=O)[C@H](Cc3c[nH]c4ccccc34)NC(=O)[C@H](CO)NC(=O)[C@@H]3CCCN3C(=O)[C@H](C)NC1=O)C(=O)N[C@@H](CCC(=O)O)C(=O)N[C@@H](CC(N)=O)C(=O)N[C@@H](Cc1cnc[nH]1)C(=O)N[C@@H](C)C(=O)N2. The summed E-state index contributed by atoms with van der Waals surface area (Å²) in [6, 6.07) is -12.1. The van der Waals surface area contributed by atoms with Crippen molar-refractivity contribution >= 4 is 127 Å². The predicted molar refractivity (Wildman–Crippen MR) is 343 cm³/mol. The van der Waals surface area contributed by atoms with Crippen molar-refractivity contribution in [2.45, 2.75) is 151 Å². The van der Waals surface area contributed by atoms with Gasteiger partial charge in [0.05, 0.1) is 25.9 Å². The van der Waals surface area contributed by atoms with E-state index in [4.69, 9.17) is 17.2 Å². The van der Waals surface area contributed by atoms with Crippen LogP contribution in [0.25, 0.3) is 10.9 Å². The molecule has 0 spiro atoms. The molecule has 5 heterocycles. The second kappa shape index (κ2) is 36.0. The van der Waals surface area contributed by atoms with E-state index in [0.29, 0.717) is 22.9 Å². The molecule has 12 atom stereocenters. The Morgan fingerprint density at radius 3 is 1.82 bits per heavy atom. The van der Waals surface area contributed by atoms with Crippen LogP contribution in [0.15, 0.2) is 48.0 Å². The van der Waals surface area contributed by atoms with Crippen LogP contribution in [-0.4, -0.2) is 235 Å². The number of aliphatic imine (C=N–C) groups is 1. The van der Waals surface area contributed by atoms with Gasteiger partial charge in [0.2, 0.25) is 82.7 Å². The van der Waals surface area contributed by atoms with Crippen LogP contribution in [-0.2, 0) is 84.8 Å². The number of carboxylic acid groups (broad SMARTS) is 1. The number of carboxylic acids is 1. The number of guanidine groups is 1. The third-order valence-corrected chi connectivity index (χ3v) is 17.8. The number of aromatic nitrogens is 3. The Hall–Kier alpha value is -10.1. The van der Waals surface area contributed by atoms with Crippen molar-refractivity contribution in [2.75, 3.05) is 37.7 Å². The number of benzene rings is 1. The van der Waals surface area contributed by atoms with E-state index in [1.807, 2.05) is 0 Å². The number of H-pyrrole nitrogens is 2. The van der Waals surface area contributed by atoms with Crippen molar-refractivity contribution in [3.8, 4) is 0 Å². The standard InChI is InChI=1S/C57H80N20O17S2/c1-26-45(83)68-28(3)56(94)77-15-7-11-41(77)55(93)75-38(22-78)52(90)72-35(16-29-19-63-32-9-5-4-8-31(29)32)50(88)70-33(10-6-14-62-57(59)60)47(85)64-21-43(80)69-39-23-95-96-24-40(53(91)67-26)76-46(84)27(2)66-49(87)36(17-30-20-61-25-65-30)73-51(89)37(18-42(58)79)74-48(86)34(71-54(39)92)12-13-44(81)82/h4-5,8-9,19-20,25-28,33-41,63,78H,6-7,10-18,21-24H2,1-3H3,(H2,58,79)(H,61,65)(H,64,85)(H,66,87)(H,67,91)(H,68,83)(H,69,80)(H,70,88)(H,71,92)(H,72,90)(H,73,89)(H,74,86)(H,75,93)(H,76,84)(H,81,82)(H4,59,60,62)/t26-,27-,28-,33-,34-,35-,36-,37-,38-,39-,40-,41-/m0/s1. The summed E-state index contributed by atoms with van der Waals surface area (Å²) in [5.74, 6) is -17.1. The Balaban J connectivity index is 1.40. The number of para-hydroxylation sites is 1. The number of aromatic amines is 2. The maximum Gasteiger partial charge on any atom is 0.303 e. The number of hydrogen-bond acceptors (Lipinski definition) is 20. The van der Waals surface area contributed by atoms with Crippen LogP contribution in [0.4, 0.5) is 0 Å². The number of hydrogen-bond donors (Lipinski definition) is 19. The molecule has 14 amide bonds. The monoisotopic (exact) mass is 1380 g/mol. The van der Waals surface area contributed by atoms with Gasteiger partial charge in [-0.3, -0.25) is 76.9 Å². The van der Waals surface area contributed by atoms with Crippen LogP contribution in [0.1, 0.15) is 77.0 Å². The first-order valence-corrected chi connectivity index (χ1v) is 33.0. The van der Waals surface area contributed by atoms with Crippen LogP contribution >= 0.6 is 21.6 Å². The number of carbonyl (C=O) groups excluding carboxylic acids is 14. The lowest BCUT2D eigenvalue weighted by Crippen LogP contribution is -2.61. The first kappa shape index (κ1) is 75.0. The Morgan fingerprint density at radius 2 is 1.17 bits per heavy atom. The third-order valence-electron chi connectivity index (χ3n) is 15.4. The minimum absolute atomic E-state index is 0.0139. The second-order valence-electron chi connectivity index (χ2n) is 22.8. The number of imidazole rings is 1. The van der Waals surface area contributed by atoms with Gasteiger partial charge in [-0.15, -0.1) is 0 Å². The molecule has 0 aliphatic carbocycles. The molecule has 3 aliphatic heterocycles. The van der Waals surface area contributed by atoms with Gasteiger partial charge in [0.1, 0.15) is 72.5 Å². The molecule has 0 saturated carbocycles. The topological polar surface area (TPSA) is 579 Å². The molecule has 3 saturated heterocycles. The zero-order valence-electron chi connectivity index (χ0n) is 52.5. The summed E-state index contributed by atoms with van der Waals surface area (Å²) in [6.45, 7) is 1.79. The van der Waals surface area contributed by atoms with Crippen molar-refractivity contribution in [1.82, 2.24) is 83.7 Å². The quantitative estimate of drug-likeness (QED) is 0.0308. The summed E-state index contributed by atoms with van der Waals surface area (Å²) >= 11 is 0. The number of aliphatic hydroxyl groups is 1. The lowest BCUT2D eigenvalue weighted by atomic mass is 10.0. The van der Waals surface area contributed by atoms with E-state index in [1.54, 1.807) is 30.5 Å². The van der Waals surface area contributed by atoms with E-state index < -0.39 is 205 Å². The molecule has 3 aromatic rings. The molecule has 522 valence electrons. The molecular formula is C57H80N20O17S2. The summed E-state index contributed by atoms with van der Waals surface area (Å²) in [4.78, 5) is 224. The number of primary amides is 1. The van der Waals surface area contributed by atoms with E-state index in [9.17, 15) is 82.1 Å². The fraction of sp³-hybridized carbons (Fsp3) is 0.526. The molecule has 2 bridgehead atoms. The van der Waals surface area contributed by atoms with Crippen molar-refractivity contribution in [1.29, 1.82) is 0 Å². The van der Waals surface area contributed by atoms with Gasteiger partial charge in [0.15, 0.2) is 5.96 Å². The summed E-state index contributed by atoms with van der Waals surface area (Å²) in [6.07, 6.45) is 1.38. The van der Waals surface area contributed by atoms with Crippen molar-refractivity contribution in [3.63, 3.8) is 0 Å². The minimum Gasteiger partial charge on any atom is -0.481 e. The van der Waals surface area contributed by atoms with E-state index in [0.717, 1.165) is 26.5 Å². The van der Waals surface area contributed by atoms with E-state index in [2.05, 4.69) is 83.7 Å². The fourth-order valence-corrected chi connectivity index (χ4v) is 12.6. The maximum atomic E-state index is 14.6. The molecular weight excluding hydrogens is 1300 g/mol. The molecule has 22 N–H and O–H groups in total. The second-order valence-corrected chi connectivity index (χ2v) is 25.3. The maximum absolute atomic E-state index is 14.6. The van der Waals surface area contributed by atoms with Gasteiger partial charge in [-0.05, 0) is 64.5 Å². The fourth-order valence-electron chi connectivity index (χ4n) is 10.2. The smallest absolute Gasteiger partial charge is 0.303 e. The average Bonchev–Trinajstić information content (AvgIpc) is 1.64. The minimum atomic E-state index is -1.90. The van der Waals surface area contributed by atoms with Crippen LogP contribution in [0.2, 0.25) is 0 Å². The Bertz CT molecular complexity index is 3400. The number of aliphatic hydroxyl groups excluding tert-OH is 1. The van der Waals surface area contributed by atoms with Crippen LogP contribution < -0.4 is 81.0 Å². The highest BCUT2D eigenvalue weighted by molar-refractivity contribution is 8.76. The number of fused-ring (bicyclic) bond motifs is 7. The van der Waals surface area contributed by atoms with Gasteiger partial charge in [-0.1, -0.05) is 39.8 Å². The first-order chi connectivity index (χ1) is 45.6. The van der Waals surface area contributed by atoms with E-state index in [-0.39, 0.29) is 56.8 Å². The van der Waals surface area contributed by atoms with Crippen LogP contribution in [0.5, 0.6) is 0 Å². The molecule has 3 fully saturated rings. The van der Waals surface area contributed by atoms with Gasteiger partial charge < -0.3 is 106 Å². The molecule has 0 unspecified atom stereocenters. The van der Waals surface area contributed by atoms with Gasteiger partial charge in [-0.25, -0.2) is 4.98 Å². The molecule has 96 heavy (non-hydrogen) atoms. The number of nitrogens with two attached hydrogens (primary N) is 3. The summed E-state index contributed by atoms with van der Waals surface area (Å²) < 4.78 is 0. The Morgan fingerprint density at radius 1 is 0.615 bits per heavy atom. The van der Waals surface area contributed by atoms with E-state index >= 15 is 0 Å². The van der Waals surface area contributed by atoms with Crippen molar-refractivity contribution in [3.05, 3.63) is 54.2 Å². The largest absolute Gasteiger partial charge is 0.481 e. The Kier molecular flexibility index (Phi) is 28.1. The van der Waals surface area contributed by atoms with Crippen molar-refractivity contribution in [2.24, 2.45) is 22.2 Å². The molecule has 3 aliphatic rings. The van der Waals surface area contributed by atoms with Gasteiger partial charge in [0.25, 0.3) is 0 Å². The van der Waals surface area contributed by atoms with Gasteiger partial charge in [0, 0.05) is 72.8 Å². The zero-order chi connectivity index (χ0) is 70.3. The number of nitrogens with one attached hydrogen (secondary N) is 14. The lowest BCUT2D eigenvalue weighted by molar-refractivity contribution is -0.142. The molecule has 0 radical (unpaired) electrons. The average molecular weight is 1380 g/mol. The lowest BCUT2D eigenvalue weighted by Gasteiger charge is -2.29. The molecule has 1 aromatic carbocycles. The first-order valence-electron chi connectivity index (χ1n) is 30.5. The number of nitrogens with zero attached hydrogens (tertiary/aromatic N) is 3. The van der Waals surface area contributed by atoms with Gasteiger partial charge in [-0.2, -0.15) is 0 Å². The summed E-state index contributed by atoms with van der Waals surface area (Å²) in [5.41, 5.74) is 18.0. The number of rotatable bonds is 14.